The minimum Gasteiger partial charge on any atom is -0.358 e. The number of fused-ring (bicyclic) bond motifs is 1. The largest absolute Gasteiger partial charge is 0.373 e. The van der Waals surface area contributed by atoms with E-state index < -0.39 is 0 Å². The van der Waals surface area contributed by atoms with E-state index in [1.54, 1.807) is 16.0 Å². The number of imidazole rings is 1. The molecule has 0 aliphatic carbocycles. The summed E-state index contributed by atoms with van der Waals surface area (Å²) in [6.07, 6.45) is 4.66. The molecule has 8 nitrogen and oxygen atoms in total. The van der Waals surface area contributed by atoms with Crippen molar-refractivity contribution < 1.29 is 4.92 Å². The Kier molecular flexibility index (Phi) is 5.06. The minimum absolute atomic E-state index is 0.0403. The van der Waals surface area contributed by atoms with Crippen LogP contribution in [-0.2, 0) is 0 Å². The van der Waals surface area contributed by atoms with Crippen LogP contribution in [0.25, 0.3) is 4.96 Å². The molecule has 1 aliphatic heterocycles. The molecule has 0 radical (unpaired) electrons. The predicted octanol–water partition coefficient (Wildman–Crippen LogP) is 3.13. The van der Waals surface area contributed by atoms with Gasteiger partial charge in [-0.25, -0.2) is 0 Å². The molecule has 0 amide bonds. The third kappa shape index (κ3) is 3.66. The average Bonchev–Trinajstić information content (AvgIpc) is 3.37. The zero-order chi connectivity index (χ0) is 18.8. The Morgan fingerprint density at radius 2 is 2.19 bits per heavy atom. The molecule has 1 saturated heterocycles. The van der Waals surface area contributed by atoms with Crippen LogP contribution in [0.15, 0.2) is 41.9 Å². The van der Waals surface area contributed by atoms with Gasteiger partial charge >= 0.3 is 5.82 Å². The topological polar surface area (TPSA) is 87.7 Å². The van der Waals surface area contributed by atoms with Crippen LogP contribution in [0.2, 0.25) is 0 Å². The standard InChI is InChI=1S/C18H22N6O2S/c1-22(16-17(24(25)26)23-10-11-27-18(23)19-16)9-5-8-14-12-15(21-20-14)13-6-3-2-4-7-13/h2-4,6-7,10-11,14-15,20-21H,5,8-9,12H2,1H3. The van der Waals surface area contributed by atoms with Gasteiger partial charge in [-0.1, -0.05) is 41.7 Å². The zero-order valence-electron chi connectivity index (χ0n) is 15.0. The summed E-state index contributed by atoms with van der Waals surface area (Å²) in [7, 11) is 1.87. The lowest BCUT2D eigenvalue weighted by molar-refractivity contribution is -0.389. The van der Waals surface area contributed by atoms with Crippen molar-refractivity contribution in [2.24, 2.45) is 0 Å². The van der Waals surface area contributed by atoms with Crippen molar-refractivity contribution in [3.8, 4) is 0 Å². The molecule has 1 aromatic carbocycles. The second-order valence-corrected chi connectivity index (χ2v) is 7.69. The number of benzene rings is 1. The summed E-state index contributed by atoms with van der Waals surface area (Å²) >= 11 is 1.40. The van der Waals surface area contributed by atoms with E-state index in [0.717, 1.165) is 25.8 Å². The monoisotopic (exact) mass is 386 g/mol. The highest BCUT2D eigenvalue weighted by molar-refractivity contribution is 7.15. The fourth-order valence-corrected chi connectivity index (χ4v) is 4.29. The van der Waals surface area contributed by atoms with Crippen molar-refractivity contribution >= 4 is 27.9 Å². The molecule has 142 valence electrons. The lowest BCUT2D eigenvalue weighted by Gasteiger charge is -2.17. The van der Waals surface area contributed by atoms with E-state index in [-0.39, 0.29) is 10.7 Å². The quantitative estimate of drug-likeness (QED) is 0.479. The maximum atomic E-state index is 11.5. The van der Waals surface area contributed by atoms with Crippen LogP contribution >= 0.6 is 11.3 Å². The van der Waals surface area contributed by atoms with Crippen molar-refractivity contribution in [3.05, 3.63) is 57.6 Å². The van der Waals surface area contributed by atoms with Crippen molar-refractivity contribution in [1.82, 2.24) is 20.2 Å². The Morgan fingerprint density at radius 3 is 2.96 bits per heavy atom. The molecule has 0 bridgehead atoms. The fourth-order valence-electron chi connectivity index (χ4n) is 3.58. The average molecular weight is 386 g/mol. The predicted molar refractivity (Wildman–Crippen MR) is 106 cm³/mol. The molecular formula is C18H22N6O2S. The summed E-state index contributed by atoms with van der Waals surface area (Å²) in [6, 6.07) is 11.1. The molecule has 2 N–H and O–H groups in total. The Balaban J connectivity index is 1.33. The number of rotatable bonds is 7. The number of hydrogen-bond donors (Lipinski definition) is 2. The van der Waals surface area contributed by atoms with E-state index >= 15 is 0 Å². The summed E-state index contributed by atoms with van der Waals surface area (Å²) in [5, 5.41) is 13.3. The number of nitro groups is 1. The Morgan fingerprint density at radius 1 is 1.37 bits per heavy atom. The molecule has 3 aromatic rings. The zero-order valence-corrected chi connectivity index (χ0v) is 15.9. The van der Waals surface area contributed by atoms with Gasteiger partial charge in [0.05, 0.1) is 0 Å². The van der Waals surface area contributed by atoms with Gasteiger partial charge in [0, 0.05) is 31.1 Å². The molecule has 1 aliphatic rings. The van der Waals surface area contributed by atoms with E-state index in [1.165, 1.54) is 16.9 Å². The first-order chi connectivity index (χ1) is 13.1. The Hall–Kier alpha value is -2.49. The van der Waals surface area contributed by atoms with Gasteiger partial charge in [0.1, 0.15) is 6.20 Å². The molecule has 27 heavy (non-hydrogen) atoms. The smallest absolute Gasteiger partial charge is 0.358 e. The number of nitrogens with zero attached hydrogens (tertiary/aromatic N) is 4. The number of nitrogens with one attached hydrogen (secondary N) is 2. The number of thiazole rings is 1. The van der Waals surface area contributed by atoms with Gasteiger partial charge in [0.2, 0.25) is 5.82 Å². The van der Waals surface area contributed by atoms with Crippen LogP contribution in [0, 0.1) is 10.1 Å². The van der Waals surface area contributed by atoms with Gasteiger partial charge in [0.15, 0.2) is 0 Å². The van der Waals surface area contributed by atoms with Crippen LogP contribution in [0.4, 0.5) is 11.6 Å². The molecule has 2 atom stereocenters. The number of hydrazine groups is 1. The second-order valence-electron chi connectivity index (χ2n) is 6.82. The second kappa shape index (κ2) is 7.63. The third-order valence-electron chi connectivity index (χ3n) is 4.98. The normalized spacial score (nSPS) is 19.6. The van der Waals surface area contributed by atoms with Gasteiger partial charge in [-0.2, -0.15) is 9.38 Å². The van der Waals surface area contributed by atoms with Crippen molar-refractivity contribution in [3.63, 3.8) is 0 Å². The summed E-state index contributed by atoms with van der Waals surface area (Å²) in [5.74, 6) is 0.477. The van der Waals surface area contributed by atoms with Gasteiger partial charge < -0.3 is 15.0 Å². The first-order valence-corrected chi connectivity index (χ1v) is 9.88. The van der Waals surface area contributed by atoms with Crippen LogP contribution in [0.1, 0.15) is 30.9 Å². The number of hydrogen-bond acceptors (Lipinski definition) is 7. The van der Waals surface area contributed by atoms with Crippen LogP contribution in [-0.4, -0.2) is 33.9 Å². The van der Waals surface area contributed by atoms with E-state index in [0.29, 0.717) is 22.9 Å². The molecule has 4 rings (SSSR count). The van der Waals surface area contributed by atoms with Crippen molar-refractivity contribution in [2.75, 3.05) is 18.5 Å². The van der Waals surface area contributed by atoms with Crippen LogP contribution in [0.5, 0.6) is 0 Å². The highest BCUT2D eigenvalue weighted by Crippen LogP contribution is 2.31. The molecule has 2 aromatic heterocycles. The molecule has 0 saturated carbocycles. The molecule has 1 fully saturated rings. The van der Waals surface area contributed by atoms with E-state index in [2.05, 4.69) is 40.1 Å². The maximum Gasteiger partial charge on any atom is 0.373 e. The molecule has 9 heteroatoms. The molecule has 2 unspecified atom stereocenters. The van der Waals surface area contributed by atoms with E-state index in [9.17, 15) is 10.1 Å². The molecule has 3 heterocycles. The van der Waals surface area contributed by atoms with Crippen molar-refractivity contribution in [2.45, 2.75) is 31.3 Å². The maximum absolute atomic E-state index is 11.5. The minimum atomic E-state index is -0.356. The van der Waals surface area contributed by atoms with Crippen molar-refractivity contribution in [1.29, 1.82) is 0 Å². The highest BCUT2D eigenvalue weighted by atomic mass is 32.1. The fraction of sp³-hybridized carbons (Fsp3) is 0.389. The summed E-state index contributed by atoms with van der Waals surface area (Å²) in [4.78, 5) is 18.1. The Labute approximate surface area is 160 Å². The summed E-state index contributed by atoms with van der Waals surface area (Å²) in [6.45, 7) is 0.722. The SMILES string of the molecule is CN(CCCC1CC(c2ccccc2)NN1)c1nc2sccn2c1[N+](=O)[O-]. The lowest BCUT2D eigenvalue weighted by Crippen LogP contribution is -2.31. The number of aromatic nitrogens is 2. The van der Waals surface area contributed by atoms with Gasteiger partial charge in [-0.3, -0.25) is 10.9 Å². The van der Waals surface area contributed by atoms with Gasteiger partial charge in [-0.05, 0) is 29.7 Å². The van der Waals surface area contributed by atoms with Crippen LogP contribution < -0.4 is 15.8 Å². The first-order valence-electron chi connectivity index (χ1n) is 9.00. The van der Waals surface area contributed by atoms with E-state index in [1.807, 2.05) is 18.0 Å². The third-order valence-corrected chi connectivity index (χ3v) is 5.74. The lowest BCUT2D eigenvalue weighted by atomic mass is 10.00. The van der Waals surface area contributed by atoms with Crippen LogP contribution in [0.3, 0.4) is 0 Å². The summed E-state index contributed by atoms with van der Waals surface area (Å²) in [5.41, 5.74) is 8.02. The highest BCUT2D eigenvalue weighted by Gasteiger charge is 2.27. The number of anilines is 1. The van der Waals surface area contributed by atoms with E-state index in [4.69, 9.17) is 0 Å². The summed E-state index contributed by atoms with van der Waals surface area (Å²) < 4.78 is 1.55. The molecular weight excluding hydrogens is 364 g/mol. The van der Waals surface area contributed by atoms with Gasteiger partial charge in [-0.15, -0.1) is 0 Å². The molecule has 0 spiro atoms. The first kappa shape index (κ1) is 17.9. The van der Waals surface area contributed by atoms with Gasteiger partial charge in [0.25, 0.3) is 4.96 Å². The Bertz CT molecular complexity index is 924.